The van der Waals surface area contributed by atoms with Gasteiger partial charge in [0.05, 0.1) is 6.54 Å². The van der Waals surface area contributed by atoms with Crippen LogP contribution < -0.4 is 5.73 Å². The number of hydrogen-bond acceptors (Lipinski definition) is 3. The predicted molar refractivity (Wildman–Crippen MR) is 63.1 cm³/mol. The fourth-order valence-corrected chi connectivity index (χ4v) is 1.74. The molecule has 4 heteroatoms. The summed E-state index contributed by atoms with van der Waals surface area (Å²) >= 11 is 0. The van der Waals surface area contributed by atoms with Gasteiger partial charge in [-0.3, -0.25) is 0 Å². The summed E-state index contributed by atoms with van der Waals surface area (Å²) in [6.45, 7) is 3.51. The molecule has 0 aliphatic heterocycles. The van der Waals surface area contributed by atoms with E-state index in [1.165, 1.54) is 11.1 Å². The van der Waals surface area contributed by atoms with Crippen molar-refractivity contribution in [3.05, 3.63) is 47.5 Å². The number of rotatable bonds is 4. The molecule has 0 bridgehead atoms. The molecule has 0 radical (unpaired) electrons. The van der Waals surface area contributed by atoms with E-state index in [9.17, 15) is 0 Å². The number of nitrogens with zero attached hydrogens (tertiary/aromatic N) is 3. The van der Waals surface area contributed by atoms with Crippen molar-refractivity contribution in [2.45, 2.75) is 19.9 Å². The molecule has 0 unspecified atom stereocenters. The van der Waals surface area contributed by atoms with Gasteiger partial charge in [0, 0.05) is 6.42 Å². The summed E-state index contributed by atoms with van der Waals surface area (Å²) in [7, 11) is 0. The molecular weight excluding hydrogens is 200 g/mol. The van der Waals surface area contributed by atoms with Crippen molar-refractivity contribution < 1.29 is 0 Å². The lowest BCUT2D eigenvalue weighted by molar-refractivity contribution is 0.716. The fraction of sp³-hybridized carbons (Fsp3) is 0.333. The number of aryl methyl sites for hydroxylation is 1. The first-order valence-electron chi connectivity index (χ1n) is 5.42. The summed E-state index contributed by atoms with van der Waals surface area (Å²) in [5, 5.41) is 7.97. The van der Waals surface area contributed by atoms with Gasteiger partial charge in [0.2, 0.25) is 0 Å². The Morgan fingerprint density at radius 1 is 1.38 bits per heavy atom. The zero-order valence-corrected chi connectivity index (χ0v) is 9.43. The van der Waals surface area contributed by atoms with Gasteiger partial charge in [0.1, 0.15) is 12.2 Å². The van der Waals surface area contributed by atoms with Crippen molar-refractivity contribution in [3.8, 4) is 0 Å². The number of hydrogen-bond donors (Lipinski definition) is 1. The average Bonchev–Trinajstić information content (AvgIpc) is 2.66. The van der Waals surface area contributed by atoms with Crippen LogP contribution in [0.1, 0.15) is 17.0 Å². The SMILES string of the molecule is Cc1cccc(Cn2cnnc2CCN)c1. The molecule has 1 heterocycles. The lowest BCUT2D eigenvalue weighted by atomic mass is 10.1. The van der Waals surface area contributed by atoms with E-state index >= 15 is 0 Å². The van der Waals surface area contributed by atoms with Crippen LogP contribution in [-0.2, 0) is 13.0 Å². The smallest absolute Gasteiger partial charge is 0.134 e. The third kappa shape index (κ3) is 2.46. The van der Waals surface area contributed by atoms with Gasteiger partial charge < -0.3 is 10.3 Å². The van der Waals surface area contributed by atoms with E-state index in [4.69, 9.17) is 5.73 Å². The van der Waals surface area contributed by atoms with E-state index in [1.54, 1.807) is 6.33 Å². The van der Waals surface area contributed by atoms with E-state index in [0.29, 0.717) is 6.54 Å². The van der Waals surface area contributed by atoms with Crippen molar-refractivity contribution in [3.63, 3.8) is 0 Å². The largest absolute Gasteiger partial charge is 0.330 e. The molecule has 2 rings (SSSR count). The molecule has 84 valence electrons. The van der Waals surface area contributed by atoms with Crippen molar-refractivity contribution >= 4 is 0 Å². The Bertz CT molecular complexity index is 462. The van der Waals surface area contributed by atoms with Crippen LogP contribution in [-0.4, -0.2) is 21.3 Å². The second-order valence-electron chi connectivity index (χ2n) is 3.90. The Morgan fingerprint density at radius 3 is 3.00 bits per heavy atom. The number of benzene rings is 1. The van der Waals surface area contributed by atoms with E-state index in [1.807, 2.05) is 4.57 Å². The fourth-order valence-electron chi connectivity index (χ4n) is 1.74. The second-order valence-corrected chi connectivity index (χ2v) is 3.90. The molecule has 0 spiro atoms. The van der Waals surface area contributed by atoms with E-state index in [-0.39, 0.29) is 0 Å². The van der Waals surface area contributed by atoms with Gasteiger partial charge in [-0.1, -0.05) is 29.8 Å². The molecule has 16 heavy (non-hydrogen) atoms. The Kier molecular flexibility index (Phi) is 3.31. The number of aromatic nitrogens is 3. The first-order chi connectivity index (χ1) is 7.79. The van der Waals surface area contributed by atoms with Crippen LogP contribution in [0, 0.1) is 6.92 Å². The van der Waals surface area contributed by atoms with E-state index < -0.39 is 0 Å². The van der Waals surface area contributed by atoms with E-state index in [2.05, 4.69) is 41.4 Å². The maximum Gasteiger partial charge on any atom is 0.134 e. The number of nitrogens with two attached hydrogens (primary N) is 1. The zero-order chi connectivity index (χ0) is 11.4. The maximum absolute atomic E-state index is 5.53. The Hall–Kier alpha value is -1.68. The molecule has 0 saturated carbocycles. The molecule has 0 fully saturated rings. The van der Waals surface area contributed by atoms with Crippen LogP contribution in [0.5, 0.6) is 0 Å². The lowest BCUT2D eigenvalue weighted by Crippen LogP contribution is -2.10. The minimum atomic E-state index is 0.604. The Labute approximate surface area is 95.1 Å². The summed E-state index contributed by atoms with van der Waals surface area (Å²) in [5.41, 5.74) is 8.06. The summed E-state index contributed by atoms with van der Waals surface area (Å²) in [4.78, 5) is 0. The van der Waals surface area contributed by atoms with Crippen molar-refractivity contribution in [2.24, 2.45) is 5.73 Å². The van der Waals surface area contributed by atoms with Gasteiger partial charge in [-0.15, -0.1) is 10.2 Å². The molecule has 1 aromatic heterocycles. The monoisotopic (exact) mass is 216 g/mol. The minimum absolute atomic E-state index is 0.604. The van der Waals surface area contributed by atoms with Crippen molar-refractivity contribution in [2.75, 3.05) is 6.54 Å². The summed E-state index contributed by atoms with van der Waals surface area (Å²) in [5.74, 6) is 0.948. The highest BCUT2D eigenvalue weighted by Crippen LogP contribution is 2.07. The van der Waals surface area contributed by atoms with Gasteiger partial charge >= 0.3 is 0 Å². The van der Waals surface area contributed by atoms with E-state index in [0.717, 1.165) is 18.8 Å². The minimum Gasteiger partial charge on any atom is -0.330 e. The van der Waals surface area contributed by atoms with Gasteiger partial charge in [0.25, 0.3) is 0 Å². The van der Waals surface area contributed by atoms with Crippen LogP contribution in [0.3, 0.4) is 0 Å². The summed E-state index contributed by atoms with van der Waals surface area (Å²) < 4.78 is 2.04. The standard InChI is InChI=1S/C12H16N4/c1-10-3-2-4-11(7-10)8-16-9-14-15-12(16)5-6-13/h2-4,7,9H,5-6,8,13H2,1H3. The third-order valence-electron chi connectivity index (χ3n) is 2.50. The molecule has 0 aliphatic rings. The van der Waals surface area contributed by atoms with Crippen LogP contribution in [0.2, 0.25) is 0 Å². The lowest BCUT2D eigenvalue weighted by Gasteiger charge is -2.06. The third-order valence-corrected chi connectivity index (χ3v) is 2.50. The highest BCUT2D eigenvalue weighted by molar-refractivity contribution is 5.22. The van der Waals surface area contributed by atoms with Gasteiger partial charge in [-0.25, -0.2) is 0 Å². The predicted octanol–water partition coefficient (Wildman–Crippen LogP) is 1.14. The zero-order valence-electron chi connectivity index (χ0n) is 9.43. The van der Waals surface area contributed by atoms with Crippen LogP contribution in [0.15, 0.2) is 30.6 Å². The van der Waals surface area contributed by atoms with Crippen molar-refractivity contribution in [1.82, 2.24) is 14.8 Å². The molecule has 2 N–H and O–H groups in total. The van der Waals surface area contributed by atoms with Crippen LogP contribution in [0.25, 0.3) is 0 Å². The molecule has 0 saturated heterocycles. The summed E-state index contributed by atoms with van der Waals surface area (Å²) in [6.07, 6.45) is 2.53. The summed E-state index contributed by atoms with van der Waals surface area (Å²) in [6, 6.07) is 8.44. The van der Waals surface area contributed by atoms with Gasteiger partial charge in [-0.05, 0) is 19.0 Å². The Morgan fingerprint density at radius 2 is 2.25 bits per heavy atom. The highest BCUT2D eigenvalue weighted by Gasteiger charge is 2.03. The van der Waals surface area contributed by atoms with Crippen LogP contribution in [0.4, 0.5) is 0 Å². The maximum atomic E-state index is 5.53. The molecule has 4 nitrogen and oxygen atoms in total. The first-order valence-corrected chi connectivity index (χ1v) is 5.42. The topological polar surface area (TPSA) is 56.7 Å². The molecule has 0 atom stereocenters. The average molecular weight is 216 g/mol. The van der Waals surface area contributed by atoms with Crippen molar-refractivity contribution in [1.29, 1.82) is 0 Å². The molecule has 0 aliphatic carbocycles. The molecule has 0 amide bonds. The molecule has 2 aromatic rings. The van der Waals surface area contributed by atoms with Gasteiger partial charge in [-0.2, -0.15) is 0 Å². The normalized spacial score (nSPS) is 10.6. The highest BCUT2D eigenvalue weighted by atomic mass is 15.3. The Balaban J connectivity index is 2.17. The molecule has 1 aromatic carbocycles. The molecular formula is C12H16N4. The first kappa shape index (κ1) is 10.8. The van der Waals surface area contributed by atoms with Gasteiger partial charge in [0.15, 0.2) is 0 Å². The second kappa shape index (κ2) is 4.90. The quantitative estimate of drug-likeness (QED) is 0.833. The van der Waals surface area contributed by atoms with Crippen LogP contribution >= 0.6 is 0 Å².